The second-order valence-corrected chi connectivity index (χ2v) is 6.53. The van der Waals surface area contributed by atoms with Crippen LogP contribution in [-0.2, 0) is 5.41 Å². The van der Waals surface area contributed by atoms with E-state index in [4.69, 9.17) is 9.84 Å². The minimum Gasteiger partial charge on any atom is -0.493 e. The number of fused-ring (bicyclic) bond motifs is 1. The topological polar surface area (TPSA) is 75.6 Å². The van der Waals surface area contributed by atoms with Gasteiger partial charge < -0.3 is 15.2 Å². The molecular weight excluding hydrogens is 306 g/mol. The third kappa shape index (κ3) is 3.11. The van der Waals surface area contributed by atoms with Crippen LogP contribution in [0, 0.1) is 0 Å². The standard InChI is InChI=1S/C19H19NO4/c1-19(2)9-10-24-16-8-7-14(11-15(16)19)20-17(21)12-3-5-13(6-4-12)18(22)23/h3-8,11H,9-10H2,1-2H3,(H,20,21)(H,22,23). The van der Waals surface area contributed by atoms with Gasteiger partial charge in [0.05, 0.1) is 12.2 Å². The van der Waals surface area contributed by atoms with Crippen molar-refractivity contribution in [3.63, 3.8) is 0 Å². The molecule has 124 valence electrons. The van der Waals surface area contributed by atoms with Gasteiger partial charge in [-0.2, -0.15) is 0 Å². The van der Waals surface area contributed by atoms with Crippen LogP contribution in [0.25, 0.3) is 0 Å². The highest BCUT2D eigenvalue weighted by Gasteiger charge is 2.29. The minimum absolute atomic E-state index is 0.00252. The molecule has 0 aliphatic carbocycles. The summed E-state index contributed by atoms with van der Waals surface area (Å²) in [7, 11) is 0. The summed E-state index contributed by atoms with van der Waals surface area (Å²) in [4.78, 5) is 23.2. The van der Waals surface area contributed by atoms with Crippen LogP contribution in [0.3, 0.4) is 0 Å². The summed E-state index contributed by atoms with van der Waals surface area (Å²) in [6, 6.07) is 11.5. The van der Waals surface area contributed by atoms with E-state index < -0.39 is 5.97 Å². The third-order valence-electron chi connectivity index (χ3n) is 4.35. The van der Waals surface area contributed by atoms with E-state index in [1.165, 1.54) is 24.3 Å². The Balaban J connectivity index is 1.81. The molecule has 0 bridgehead atoms. The van der Waals surface area contributed by atoms with Gasteiger partial charge in [0.15, 0.2) is 0 Å². The number of hydrogen-bond donors (Lipinski definition) is 2. The van der Waals surface area contributed by atoms with Crippen molar-refractivity contribution < 1.29 is 19.4 Å². The number of hydrogen-bond acceptors (Lipinski definition) is 3. The Hall–Kier alpha value is -2.82. The summed E-state index contributed by atoms with van der Waals surface area (Å²) in [6.07, 6.45) is 0.925. The Morgan fingerprint density at radius 2 is 1.75 bits per heavy atom. The number of aromatic carboxylic acids is 1. The molecule has 1 amide bonds. The van der Waals surface area contributed by atoms with Crippen LogP contribution >= 0.6 is 0 Å². The van der Waals surface area contributed by atoms with Gasteiger partial charge in [-0.1, -0.05) is 13.8 Å². The third-order valence-corrected chi connectivity index (χ3v) is 4.35. The second-order valence-electron chi connectivity index (χ2n) is 6.53. The molecule has 5 heteroatoms. The van der Waals surface area contributed by atoms with Gasteiger partial charge in [-0.3, -0.25) is 4.79 Å². The second kappa shape index (κ2) is 6.00. The molecule has 2 aromatic carbocycles. The van der Waals surface area contributed by atoms with Gasteiger partial charge >= 0.3 is 5.97 Å². The largest absolute Gasteiger partial charge is 0.493 e. The number of carboxylic acid groups (broad SMARTS) is 1. The highest BCUT2D eigenvalue weighted by Crippen LogP contribution is 2.39. The van der Waals surface area contributed by atoms with Crippen molar-refractivity contribution in [2.24, 2.45) is 0 Å². The number of ether oxygens (including phenoxy) is 1. The number of nitrogens with one attached hydrogen (secondary N) is 1. The van der Waals surface area contributed by atoms with Gasteiger partial charge in [0, 0.05) is 16.8 Å². The molecule has 1 aliphatic rings. The molecule has 3 rings (SSSR count). The maximum absolute atomic E-state index is 12.3. The van der Waals surface area contributed by atoms with Crippen molar-refractivity contribution in [2.45, 2.75) is 25.7 Å². The SMILES string of the molecule is CC1(C)CCOc2ccc(NC(=O)c3ccc(C(=O)O)cc3)cc21. The minimum atomic E-state index is -1.01. The molecule has 0 saturated carbocycles. The first kappa shape index (κ1) is 16.1. The Labute approximate surface area is 140 Å². The summed E-state index contributed by atoms with van der Waals surface area (Å²) < 4.78 is 5.67. The predicted octanol–water partition coefficient (Wildman–Crippen LogP) is 3.70. The Kier molecular flexibility index (Phi) is 4.01. The van der Waals surface area contributed by atoms with Crippen LogP contribution in [-0.4, -0.2) is 23.6 Å². The molecular formula is C19H19NO4. The van der Waals surface area contributed by atoms with Gasteiger partial charge in [0.2, 0.25) is 0 Å². The quantitative estimate of drug-likeness (QED) is 0.902. The normalized spacial score (nSPS) is 15.1. The molecule has 5 nitrogen and oxygen atoms in total. The lowest BCUT2D eigenvalue weighted by molar-refractivity contribution is 0.0696. The fourth-order valence-corrected chi connectivity index (χ4v) is 2.78. The maximum Gasteiger partial charge on any atom is 0.335 e. The molecule has 0 spiro atoms. The van der Waals surface area contributed by atoms with E-state index in [1.54, 1.807) is 0 Å². The molecule has 0 radical (unpaired) electrons. The Bertz CT molecular complexity index is 794. The maximum atomic E-state index is 12.3. The van der Waals surface area contributed by atoms with E-state index in [1.807, 2.05) is 18.2 Å². The molecule has 0 unspecified atom stereocenters. The molecule has 1 heterocycles. The first-order valence-corrected chi connectivity index (χ1v) is 7.79. The fourth-order valence-electron chi connectivity index (χ4n) is 2.78. The number of carbonyl (C=O) groups excluding carboxylic acids is 1. The van der Waals surface area contributed by atoms with Crippen LogP contribution < -0.4 is 10.1 Å². The van der Waals surface area contributed by atoms with Gasteiger partial charge in [-0.15, -0.1) is 0 Å². The van der Waals surface area contributed by atoms with Gasteiger partial charge in [-0.05, 0) is 54.3 Å². The summed E-state index contributed by atoms with van der Waals surface area (Å²) >= 11 is 0. The van der Waals surface area contributed by atoms with Crippen LogP contribution in [0.2, 0.25) is 0 Å². The average molecular weight is 325 g/mol. The van der Waals surface area contributed by atoms with E-state index in [9.17, 15) is 9.59 Å². The molecule has 2 aromatic rings. The Morgan fingerprint density at radius 3 is 2.42 bits per heavy atom. The number of carbonyl (C=O) groups is 2. The molecule has 0 saturated heterocycles. The highest BCUT2D eigenvalue weighted by atomic mass is 16.5. The zero-order valence-corrected chi connectivity index (χ0v) is 13.6. The van der Waals surface area contributed by atoms with Gasteiger partial charge in [0.25, 0.3) is 5.91 Å². The zero-order chi connectivity index (χ0) is 17.3. The molecule has 1 aliphatic heterocycles. The lowest BCUT2D eigenvalue weighted by Gasteiger charge is -2.32. The lowest BCUT2D eigenvalue weighted by atomic mass is 9.79. The van der Waals surface area contributed by atoms with Gasteiger partial charge in [0.1, 0.15) is 5.75 Å². The first-order chi connectivity index (χ1) is 11.4. The van der Waals surface area contributed by atoms with Crippen LogP contribution in [0.4, 0.5) is 5.69 Å². The van der Waals surface area contributed by atoms with Crippen LogP contribution in [0.5, 0.6) is 5.75 Å². The molecule has 0 aromatic heterocycles. The Morgan fingerprint density at radius 1 is 1.08 bits per heavy atom. The van der Waals surface area contributed by atoms with E-state index in [2.05, 4.69) is 19.2 Å². The van der Waals surface area contributed by atoms with Crippen molar-refractivity contribution in [2.75, 3.05) is 11.9 Å². The average Bonchev–Trinajstić information content (AvgIpc) is 2.55. The van der Waals surface area contributed by atoms with Crippen LogP contribution in [0.1, 0.15) is 46.5 Å². The molecule has 24 heavy (non-hydrogen) atoms. The van der Waals surface area contributed by atoms with Crippen molar-refractivity contribution >= 4 is 17.6 Å². The first-order valence-electron chi connectivity index (χ1n) is 7.79. The molecule has 2 N–H and O–H groups in total. The summed E-state index contributed by atoms with van der Waals surface area (Å²) in [5, 5.41) is 11.8. The number of anilines is 1. The summed E-state index contributed by atoms with van der Waals surface area (Å²) in [5.74, 6) is -0.435. The molecule has 0 atom stereocenters. The fraction of sp³-hybridized carbons (Fsp3) is 0.263. The van der Waals surface area contributed by atoms with Crippen molar-refractivity contribution in [3.8, 4) is 5.75 Å². The van der Waals surface area contributed by atoms with E-state index in [0.717, 1.165) is 17.7 Å². The predicted molar refractivity (Wildman–Crippen MR) is 90.9 cm³/mol. The summed E-state index contributed by atoms with van der Waals surface area (Å²) in [5.41, 5.74) is 2.33. The van der Waals surface area contributed by atoms with Crippen molar-refractivity contribution in [1.29, 1.82) is 0 Å². The summed E-state index contributed by atoms with van der Waals surface area (Å²) in [6.45, 7) is 5.01. The van der Waals surface area contributed by atoms with Crippen molar-refractivity contribution in [1.82, 2.24) is 0 Å². The van der Waals surface area contributed by atoms with Crippen molar-refractivity contribution in [3.05, 3.63) is 59.2 Å². The van der Waals surface area contributed by atoms with E-state index >= 15 is 0 Å². The van der Waals surface area contributed by atoms with Crippen LogP contribution in [0.15, 0.2) is 42.5 Å². The van der Waals surface area contributed by atoms with Gasteiger partial charge in [-0.25, -0.2) is 4.79 Å². The highest BCUT2D eigenvalue weighted by molar-refractivity contribution is 6.04. The monoisotopic (exact) mass is 325 g/mol. The number of rotatable bonds is 3. The van der Waals surface area contributed by atoms with E-state index in [-0.39, 0.29) is 16.9 Å². The zero-order valence-electron chi connectivity index (χ0n) is 13.6. The van der Waals surface area contributed by atoms with E-state index in [0.29, 0.717) is 17.9 Å². The smallest absolute Gasteiger partial charge is 0.335 e. The lowest BCUT2D eigenvalue weighted by Crippen LogP contribution is -2.26. The number of benzene rings is 2. The number of carboxylic acids is 1. The number of amides is 1. The molecule has 0 fully saturated rings.